The highest BCUT2D eigenvalue weighted by atomic mass is 16.2. The molecule has 1 fully saturated rings. The fourth-order valence-electron chi connectivity index (χ4n) is 1.08. The Morgan fingerprint density at radius 2 is 2.27 bits per heavy atom. The molecule has 0 radical (unpaired) electrons. The van der Waals surface area contributed by atoms with Crippen LogP contribution < -0.4 is 0 Å². The lowest BCUT2D eigenvalue weighted by Gasteiger charge is -2.11. The molecule has 3 nitrogen and oxygen atoms in total. The first kappa shape index (κ1) is 7.98. The summed E-state index contributed by atoms with van der Waals surface area (Å²) < 4.78 is 0. The second kappa shape index (κ2) is 3.32. The van der Waals surface area contributed by atoms with Crippen LogP contribution in [0.1, 0.15) is 12.8 Å². The lowest BCUT2D eigenvalue weighted by atomic mass is 10.3. The molecule has 0 spiro atoms. The number of carbonyl (C=O) groups is 2. The molecule has 0 N–H and O–H groups in total. The van der Waals surface area contributed by atoms with Gasteiger partial charge in [0.1, 0.15) is 0 Å². The van der Waals surface area contributed by atoms with E-state index < -0.39 is 0 Å². The van der Waals surface area contributed by atoms with Crippen molar-refractivity contribution >= 4 is 11.7 Å². The molecular formula is C8H11NO2. The van der Waals surface area contributed by atoms with Crippen LogP contribution in [-0.2, 0) is 9.59 Å². The third kappa shape index (κ3) is 1.67. The Labute approximate surface area is 65.7 Å². The van der Waals surface area contributed by atoms with Crippen molar-refractivity contribution in [3.8, 4) is 0 Å². The first-order valence-corrected chi connectivity index (χ1v) is 3.68. The second-order valence-electron chi connectivity index (χ2n) is 2.54. The number of rotatable bonds is 3. The largest absolute Gasteiger partial charge is 0.335 e. The fraction of sp³-hybridized carbons (Fsp3) is 0.500. The van der Waals surface area contributed by atoms with Gasteiger partial charge in [0.25, 0.3) is 5.91 Å². The molecule has 11 heavy (non-hydrogen) atoms. The standard InChI is InChI=1S/C8H11NO2/c1-2-3-5-9-6-4-7(10)8(9)11/h2H,1,3-6H2. The summed E-state index contributed by atoms with van der Waals surface area (Å²) in [5, 5.41) is 0. The highest BCUT2D eigenvalue weighted by molar-refractivity contribution is 6.37. The van der Waals surface area contributed by atoms with E-state index in [4.69, 9.17) is 0 Å². The normalized spacial score (nSPS) is 17.6. The van der Waals surface area contributed by atoms with Crippen molar-refractivity contribution in [2.45, 2.75) is 12.8 Å². The maximum absolute atomic E-state index is 11.0. The minimum Gasteiger partial charge on any atom is -0.335 e. The number of ketones is 1. The summed E-state index contributed by atoms with van der Waals surface area (Å²) in [5.74, 6) is -0.582. The van der Waals surface area contributed by atoms with Gasteiger partial charge in [-0.05, 0) is 6.42 Å². The summed E-state index contributed by atoms with van der Waals surface area (Å²) in [7, 11) is 0. The topological polar surface area (TPSA) is 37.4 Å². The Hall–Kier alpha value is -1.12. The van der Waals surface area contributed by atoms with Gasteiger partial charge in [0.2, 0.25) is 5.78 Å². The van der Waals surface area contributed by atoms with E-state index in [1.54, 1.807) is 11.0 Å². The molecule has 1 heterocycles. The van der Waals surface area contributed by atoms with Crippen molar-refractivity contribution in [3.63, 3.8) is 0 Å². The number of nitrogens with zero attached hydrogens (tertiary/aromatic N) is 1. The molecule has 60 valence electrons. The summed E-state index contributed by atoms with van der Waals surface area (Å²) in [4.78, 5) is 23.3. The number of Topliss-reactive ketones (excluding diaryl/α,β-unsaturated/α-hetero) is 1. The average Bonchev–Trinajstić information content (AvgIpc) is 2.31. The van der Waals surface area contributed by atoms with E-state index in [-0.39, 0.29) is 11.7 Å². The van der Waals surface area contributed by atoms with Gasteiger partial charge in [-0.3, -0.25) is 9.59 Å². The van der Waals surface area contributed by atoms with Crippen LogP contribution >= 0.6 is 0 Å². The van der Waals surface area contributed by atoms with Gasteiger partial charge in [-0.1, -0.05) is 6.08 Å². The first-order chi connectivity index (χ1) is 5.25. The highest BCUT2D eigenvalue weighted by Crippen LogP contribution is 2.06. The van der Waals surface area contributed by atoms with Crippen LogP contribution in [0.5, 0.6) is 0 Å². The Morgan fingerprint density at radius 3 is 2.73 bits per heavy atom. The second-order valence-corrected chi connectivity index (χ2v) is 2.54. The minimum atomic E-state index is -0.327. The lowest BCUT2D eigenvalue weighted by Crippen LogP contribution is -2.28. The van der Waals surface area contributed by atoms with Crippen molar-refractivity contribution < 1.29 is 9.59 Å². The Balaban J connectivity index is 2.42. The molecule has 0 bridgehead atoms. The van der Waals surface area contributed by atoms with Crippen LogP contribution in [0.25, 0.3) is 0 Å². The maximum Gasteiger partial charge on any atom is 0.290 e. The number of amides is 1. The fourth-order valence-corrected chi connectivity index (χ4v) is 1.08. The monoisotopic (exact) mass is 153 g/mol. The van der Waals surface area contributed by atoms with E-state index in [1.165, 1.54) is 0 Å². The molecule has 3 heteroatoms. The summed E-state index contributed by atoms with van der Waals surface area (Å²) in [6.45, 7) is 4.76. The van der Waals surface area contributed by atoms with Gasteiger partial charge in [0.05, 0.1) is 0 Å². The highest BCUT2D eigenvalue weighted by Gasteiger charge is 2.27. The van der Waals surface area contributed by atoms with E-state index in [9.17, 15) is 9.59 Å². The predicted molar refractivity (Wildman–Crippen MR) is 41.0 cm³/mol. The van der Waals surface area contributed by atoms with Gasteiger partial charge in [0.15, 0.2) is 0 Å². The molecule has 1 saturated heterocycles. The molecule has 0 saturated carbocycles. The first-order valence-electron chi connectivity index (χ1n) is 3.68. The molecule has 0 aliphatic carbocycles. The number of hydrogen-bond acceptors (Lipinski definition) is 2. The SMILES string of the molecule is C=CCCN1CCC(=O)C1=O. The third-order valence-electron chi connectivity index (χ3n) is 1.74. The summed E-state index contributed by atoms with van der Waals surface area (Å²) in [6.07, 6.45) is 2.89. The van der Waals surface area contributed by atoms with Crippen LogP contribution in [0.2, 0.25) is 0 Å². The smallest absolute Gasteiger partial charge is 0.290 e. The van der Waals surface area contributed by atoms with E-state index in [1.807, 2.05) is 0 Å². The molecule has 0 unspecified atom stereocenters. The zero-order chi connectivity index (χ0) is 8.27. The molecular weight excluding hydrogens is 142 g/mol. The van der Waals surface area contributed by atoms with Crippen LogP contribution in [0, 0.1) is 0 Å². The van der Waals surface area contributed by atoms with Gasteiger partial charge >= 0.3 is 0 Å². The zero-order valence-electron chi connectivity index (χ0n) is 6.38. The van der Waals surface area contributed by atoms with Gasteiger partial charge in [0, 0.05) is 19.5 Å². The van der Waals surface area contributed by atoms with E-state index in [0.29, 0.717) is 19.5 Å². The van der Waals surface area contributed by atoms with Crippen LogP contribution in [-0.4, -0.2) is 29.7 Å². The van der Waals surface area contributed by atoms with E-state index in [0.717, 1.165) is 6.42 Å². The maximum atomic E-state index is 11.0. The predicted octanol–water partition coefficient (Wildman–Crippen LogP) is 0.364. The Kier molecular flexibility index (Phi) is 2.41. The molecule has 1 rings (SSSR count). The van der Waals surface area contributed by atoms with Crippen molar-refractivity contribution in [3.05, 3.63) is 12.7 Å². The number of carbonyl (C=O) groups excluding carboxylic acids is 2. The third-order valence-corrected chi connectivity index (χ3v) is 1.74. The average molecular weight is 153 g/mol. The molecule has 1 aliphatic rings. The van der Waals surface area contributed by atoms with Crippen LogP contribution in [0.15, 0.2) is 12.7 Å². The Morgan fingerprint density at radius 1 is 1.55 bits per heavy atom. The van der Waals surface area contributed by atoms with Crippen molar-refractivity contribution in [2.24, 2.45) is 0 Å². The van der Waals surface area contributed by atoms with Gasteiger partial charge in [-0.25, -0.2) is 0 Å². The van der Waals surface area contributed by atoms with Crippen LogP contribution in [0.3, 0.4) is 0 Å². The minimum absolute atomic E-state index is 0.255. The summed E-state index contributed by atoms with van der Waals surface area (Å²) in [5.41, 5.74) is 0. The molecule has 0 aromatic rings. The van der Waals surface area contributed by atoms with Gasteiger partial charge in [-0.2, -0.15) is 0 Å². The van der Waals surface area contributed by atoms with E-state index in [2.05, 4.69) is 6.58 Å². The van der Waals surface area contributed by atoms with Gasteiger partial charge < -0.3 is 4.90 Å². The van der Waals surface area contributed by atoms with Crippen LogP contribution in [0.4, 0.5) is 0 Å². The van der Waals surface area contributed by atoms with Gasteiger partial charge in [-0.15, -0.1) is 6.58 Å². The molecule has 1 amide bonds. The van der Waals surface area contributed by atoms with Crippen molar-refractivity contribution in [1.82, 2.24) is 4.90 Å². The van der Waals surface area contributed by atoms with Crippen molar-refractivity contribution in [2.75, 3.05) is 13.1 Å². The molecule has 1 aliphatic heterocycles. The molecule has 0 aromatic heterocycles. The Bertz CT molecular complexity index is 198. The van der Waals surface area contributed by atoms with E-state index >= 15 is 0 Å². The summed E-state index contributed by atoms with van der Waals surface area (Å²) >= 11 is 0. The van der Waals surface area contributed by atoms with Crippen molar-refractivity contribution in [1.29, 1.82) is 0 Å². The number of hydrogen-bond donors (Lipinski definition) is 0. The molecule has 0 atom stereocenters. The quantitative estimate of drug-likeness (QED) is 0.433. The zero-order valence-corrected chi connectivity index (χ0v) is 6.38. The number of likely N-dealkylation sites (tertiary alicyclic amines) is 1. The lowest BCUT2D eigenvalue weighted by molar-refractivity contribution is -0.139. The summed E-state index contributed by atoms with van der Waals surface area (Å²) in [6, 6.07) is 0. The molecule has 0 aromatic carbocycles.